The molecule has 2 aliphatic rings. The van der Waals surface area contributed by atoms with E-state index in [0.717, 1.165) is 12.5 Å². The SMILES string of the molecule is N/C(=N/O)c1cccc(C(=O)NCC2(C3CC3)CC2)c1. The smallest absolute Gasteiger partial charge is 0.251 e. The highest BCUT2D eigenvalue weighted by molar-refractivity contribution is 6.01. The molecule has 0 atom stereocenters. The van der Waals surface area contributed by atoms with Crippen molar-refractivity contribution in [3.8, 4) is 0 Å². The van der Waals surface area contributed by atoms with E-state index in [2.05, 4.69) is 10.5 Å². The Morgan fingerprint density at radius 2 is 2.10 bits per heavy atom. The van der Waals surface area contributed by atoms with Crippen molar-refractivity contribution in [1.29, 1.82) is 0 Å². The molecular weight excluding hydrogens is 254 g/mol. The molecule has 1 aromatic rings. The highest BCUT2D eigenvalue weighted by Gasteiger charge is 2.53. The number of benzene rings is 1. The van der Waals surface area contributed by atoms with Gasteiger partial charge in [-0.25, -0.2) is 0 Å². The van der Waals surface area contributed by atoms with Crippen molar-refractivity contribution in [3.05, 3.63) is 35.4 Å². The second-order valence-corrected chi connectivity index (χ2v) is 5.89. The molecule has 5 nitrogen and oxygen atoms in total. The summed E-state index contributed by atoms with van der Waals surface area (Å²) in [6.45, 7) is 0.768. The monoisotopic (exact) mass is 273 g/mol. The lowest BCUT2D eigenvalue weighted by Crippen LogP contribution is -2.31. The molecule has 4 N–H and O–H groups in total. The summed E-state index contributed by atoms with van der Waals surface area (Å²) in [6.07, 6.45) is 5.11. The number of amides is 1. The fourth-order valence-corrected chi connectivity index (χ4v) is 2.82. The maximum Gasteiger partial charge on any atom is 0.251 e. The largest absolute Gasteiger partial charge is 0.409 e. The van der Waals surface area contributed by atoms with Gasteiger partial charge in [-0.05, 0) is 49.1 Å². The Bertz CT molecular complexity index is 560. The van der Waals surface area contributed by atoms with Crippen LogP contribution in [0.25, 0.3) is 0 Å². The van der Waals surface area contributed by atoms with Gasteiger partial charge in [-0.1, -0.05) is 17.3 Å². The number of nitrogens with one attached hydrogen (secondary N) is 1. The van der Waals surface area contributed by atoms with Gasteiger partial charge in [0, 0.05) is 17.7 Å². The number of nitrogens with two attached hydrogens (primary N) is 1. The summed E-state index contributed by atoms with van der Waals surface area (Å²) < 4.78 is 0. The second kappa shape index (κ2) is 4.81. The topological polar surface area (TPSA) is 87.7 Å². The van der Waals surface area contributed by atoms with E-state index in [9.17, 15) is 4.79 Å². The lowest BCUT2D eigenvalue weighted by atomic mass is 10.0. The highest BCUT2D eigenvalue weighted by Crippen LogP contribution is 2.60. The summed E-state index contributed by atoms with van der Waals surface area (Å²) in [4.78, 5) is 12.2. The number of nitrogens with zero attached hydrogens (tertiary/aromatic N) is 1. The Balaban J connectivity index is 1.65. The molecule has 0 bridgehead atoms. The van der Waals surface area contributed by atoms with Crippen LogP contribution in [0.1, 0.15) is 41.6 Å². The van der Waals surface area contributed by atoms with Gasteiger partial charge in [-0.3, -0.25) is 4.79 Å². The van der Waals surface area contributed by atoms with E-state index in [1.807, 2.05) is 0 Å². The normalized spacial score (nSPS) is 20.5. The molecule has 0 saturated heterocycles. The van der Waals surface area contributed by atoms with Crippen LogP contribution in [0.2, 0.25) is 0 Å². The second-order valence-electron chi connectivity index (χ2n) is 5.89. The summed E-state index contributed by atoms with van der Waals surface area (Å²) >= 11 is 0. The lowest BCUT2D eigenvalue weighted by Gasteiger charge is -2.15. The maximum atomic E-state index is 12.2. The zero-order valence-electron chi connectivity index (χ0n) is 11.3. The minimum Gasteiger partial charge on any atom is -0.409 e. The van der Waals surface area contributed by atoms with Crippen molar-refractivity contribution in [2.75, 3.05) is 6.54 Å². The first-order chi connectivity index (χ1) is 9.64. The molecule has 1 aromatic carbocycles. The number of oxime groups is 1. The molecule has 1 amide bonds. The third-order valence-electron chi connectivity index (χ3n) is 4.46. The molecule has 5 heteroatoms. The molecule has 0 aliphatic heterocycles. The minimum atomic E-state index is -0.0930. The first kappa shape index (κ1) is 13.0. The van der Waals surface area contributed by atoms with Crippen molar-refractivity contribution in [1.82, 2.24) is 5.32 Å². The van der Waals surface area contributed by atoms with E-state index in [-0.39, 0.29) is 11.7 Å². The average molecular weight is 273 g/mol. The molecule has 3 rings (SSSR count). The molecule has 0 unspecified atom stereocenters. The molecule has 2 aliphatic carbocycles. The predicted molar refractivity (Wildman–Crippen MR) is 75.7 cm³/mol. The Labute approximate surface area is 117 Å². The van der Waals surface area contributed by atoms with E-state index in [1.54, 1.807) is 24.3 Å². The van der Waals surface area contributed by atoms with Crippen LogP contribution in [0, 0.1) is 11.3 Å². The number of rotatable bonds is 5. The summed E-state index contributed by atoms with van der Waals surface area (Å²) in [7, 11) is 0. The van der Waals surface area contributed by atoms with Gasteiger partial charge in [0.15, 0.2) is 5.84 Å². The molecule has 0 radical (unpaired) electrons. The van der Waals surface area contributed by atoms with E-state index in [0.29, 0.717) is 16.5 Å². The fourth-order valence-electron chi connectivity index (χ4n) is 2.82. The molecule has 2 fully saturated rings. The fraction of sp³-hybridized carbons (Fsp3) is 0.467. The van der Waals surface area contributed by atoms with Crippen molar-refractivity contribution >= 4 is 11.7 Å². The zero-order valence-corrected chi connectivity index (χ0v) is 11.3. The quantitative estimate of drug-likeness (QED) is 0.330. The van der Waals surface area contributed by atoms with Crippen LogP contribution in [0.5, 0.6) is 0 Å². The Morgan fingerprint density at radius 1 is 1.40 bits per heavy atom. The van der Waals surface area contributed by atoms with Gasteiger partial charge in [-0.15, -0.1) is 0 Å². The summed E-state index contributed by atoms with van der Waals surface area (Å²) in [5.41, 5.74) is 7.01. The third-order valence-corrected chi connectivity index (χ3v) is 4.46. The Kier molecular flexibility index (Phi) is 3.12. The van der Waals surface area contributed by atoms with Crippen LogP contribution >= 0.6 is 0 Å². The van der Waals surface area contributed by atoms with Gasteiger partial charge >= 0.3 is 0 Å². The van der Waals surface area contributed by atoms with Crippen LogP contribution in [0.15, 0.2) is 29.4 Å². The van der Waals surface area contributed by atoms with Crippen molar-refractivity contribution in [2.45, 2.75) is 25.7 Å². The van der Waals surface area contributed by atoms with E-state index in [1.165, 1.54) is 25.7 Å². The van der Waals surface area contributed by atoms with Crippen molar-refractivity contribution in [3.63, 3.8) is 0 Å². The average Bonchev–Trinajstić information content (AvgIpc) is 3.36. The third kappa shape index (κ3) is 2.48. The van der Waals surface area contributed by atoms with Crippen LogP contribution in [-0.2, 0) is 0 Å². The van der Waals surface area contributed by atoms with Crippen LogP contribution in [-0.4, -0.2) is 23.5 Å². The van der Waals surface area contributed by atoms with Crippen molar-refractivity contribution < 1.29 is 10.0 Å². The number of carbonyl (C=O) groups is 1. The number of hydrogen-bond donors (Lipinski definition) is 3. The number of hydrogen-bond acceptors (Lipinski definition) is 3. The highest BCUT2D eigenvalue weighted by atomic mass is 16.4. The molecule has 2 saturated carbocycles. The number of amidine groups is 1. The molecule has 0 aromatic heterocycles. The van der Waals surface area contributed by atoms with Crippen LogP contribution in [0.3, 0.4) is 0 Å². The molecule has 0 heterocycles. The van der Waals surface area contributed by atoms with E-state index in [4.69, 9.17) is 10.9 Å². The van der Waals surface area contributed by atoms with Gasteiger partial charge in [-0.2, -0.15) is 0 Å². The Morgan fingerprint density at radius 3 is 2.70 bits per heavy atom. The van der Waals surface area contributed by atoms with Crippen LogP contribution < -0.4 is 11.1 Å². The molecule has 20 heavy (non-hydrogen) atoms. The first-order valence-electron chi connectivity index (χ1n) is 7.01. The first-order valence-corrected chi connectivity index (χ1v) is 7.01. The van der Waals surface area contributed by atoms with Gasteiger partial charge in [0.25, 0.3) is 5.91 Å². The predicted octanol–water partition coefficient (Wildman–Crippen LogP) is 1.70. The molecular formula is C15H19N3O2. The number of carbonyl (C=O) groups excluding carboxylic acids is 1. The van der Waals surface area contributed by atoms with Gasteiger partial charge < -0.3 is 16.3 Å². The maximum absolute atomic E-state index is 12.2. The van der Waals surface area contributed by atoms with Gasteiger partial charge in [0.1, 0.15) is 0 Å². The van der Waals surface area contributed by atoms with Crippen LogP contribution in [0.4, 0.5) is 0 Å². The summed E-state index contributed by atoms with van der Waals surface area (Å²) in [5.74, 6) is 0.743. The summed E-state index contributed by atoms with van der Waals surface area (Å²) in [6, 6.07) is 6.82. The molecule has 106 valence electrons. The summed E-state index contributed by atoms with van der Waals surface area (Å²) in [5, 5.41) is 14.6. The van der Waals surface area contributed by atoms with Gasteiger partial charge in [0.05, 0.1) is 0 Å². The molecule has 0 spiro atoms. The van der Waals surface area contributed by atoms with Crippen molar-refractivity contribution in [2.24, 2.45) is 22.2 Å². The van der Waals surface area contributed by atoms with E-state index < -0.39 is 0 Å². The zero-order chi connectivity index (χ0) is 14.2. The lowest BCUT2D eigenvalue weighted by molar-refractivity contribution is 0.0942. The van der Waals surface area contributed by atoms with Gasteiger partial charge in [0.2, 0.25) is 0 Å². The minimum absolute atomic E-state index is 0.0105. The van der Waals surface area contributed by atoms with E-state index >= 15 is 0 Å². The standard InChI is InChI=1S/C15H19N3O2/c16-13(18-20)10-2-1-3-11(8-10)14(19)17-9-15(6-7-15)12-4-5-12/h1-3,8,12,20H,4-7,9H2,(H2,16,18)(H,17,19). The Hall–Kier alpha value is -2.04.